The molecule has 0 bridgehead atoms. The zero-order valence-electron chi connectivity index (χ0n) is 11.0. The highest BCUT2D eigenvalue weighted by atomic mass is 32.2. The second kappa shape index (κ2) is 4.80. The van der Waals surface area contributed by atoms with E-state index in [4.69, 9.17) is 4.74 Å². The van der Waals surface area contributed by atoms with E-state index in [0.29, 0.717) is 11.6 Å². The maximum Gasteiger partial charge on any atom is 0.232 e. The van der Waals surface area contributed by atoms with Gasteiger partial charge in [-0.15, -0.1) is 0 Å². The number of hydrogen-bond acceptors (Lipinski definition) is 3. The van der Waals surface area contributed by atoms with E-state index in [1.54, 1.807) is 31.4 Å². The van der Waals surface area contributed by atoms with E-state index in [9.17, 15) is 8.42 Å². The SMILES string of the molecule is COc1ccc(N([C@H](C)C2CC2)S(C)(=O)=O)cc1. The topological polar surface area (TPSA) is 46.6 Å². The molecule has 0 heterocycles. The quantitative estimate of drug-likeness (QED) is 0.823. The predicted molar refractivity (Wildman–Crippen MR) is 72.5 cm³/mol. The lowest BCUT2D eigenvalue weighted by molar-refractivity contribution is 0.415. The highest BCUT2D eigenvalue weighted by Crippen LogP contribution is 2.38. The van der Waals surface area contributed by atoms with E-state index in [-0.39, 0.29) is 6.04 Å². The number of methoxy groups -OCH3 is 1. The predicted octanol–water partition coefficient (Wildman–Crippen LogP) is 2.26. The van der Waals surface area contributed by atoms with Crippen LogP contribution in [0, 0.1) is 5.92 Å². The van der Waals surface area contributed by atoms with Crippen LogP contribution in [0.15, 0.2) is 24.3 Å². The van der Waals surface area contributed by atoms with Gasteiger partial charge in [-0.3, -0.25) is 4.31 Å². The maximum absolute atomic E-state index is 12.0. The van der Waals surface area contributed by atoms with Crippen LogP contribution < -0.4 is 9.04 Å². The number of nitrogens with zero attached hydrogens (tertiary/aromatic N) is 1. The minimum Gasteiger partial charge on any atom is -0.497 e. The standard InChI is InChI=1S/C13H19NO3S/c1-10(11-4-5-11)14(18(3,15)16)12-6-8-13(17-2)9-7-12/h6-11H,4-5H2,1-3H3/t10-/m1/s1. The molecular formula is C13H19NO3S. The third-order valence-electron chi connectivity index (χ3n) is 3.36. The van der Waals surface area contributed by atoms with Crippen molar-refractivity contribution in [1.82, 2.24) is 0 Å². The molecule has 100 valence electrons. The Hall–Kier alpha value is -1.23. The summed E-state index contributed by atoms with van der Waals surface area (Å²) < 4.78 is 30.5. The Kier molecular flexibility index (Phi) is 3.52. The number of benzene rings is 1. The van der Waals surface area contributed by atoms with Crippen molar-refractivity contribution in [3.05, 3.63) is 24.3 Å². The van der Waals surface area contributed by atoms with E-state index in [1.165, 1.54) is 10.6 Å². The number of hydrogen-bond donors (Lipinski definition) is 0. The van der Waals surface area contributed by atoms with Gasteiger partial charge in [-0.1, -0.05) is 0 Å². The third-order valence-corrected chi connectivity index (χ3v) is 4.62. The molecule has 0 radical (unpaired) electrons. The van der Waals surface area contributed by atoms with Crippen LogP contribution in [-0.4, -0.2) is 27.8 Å². The van der Waals surface area contributed by atoms with Crippen LogP contribution in [-0.2, 0) is 10.0 Å². The summed E-state index contributed by atoms with van der Waals surface area (Å²) in [5, 5.41) is 0. The smallest absolute Gasteiger partial charge is 0.232 e. The summed E-state index contributed by atoms with van der Waals surface area (Å²) in [5.41, 5.74) is 0.706. The fourth-order valence-electron chi connectivity index (χ4n) is 2.23. The number of sulfonamides is 1. The second-order valence-corrected chi connectivity index (χ2v) is 6.69. The normalized spacial score (nSPS) is 17.3. The summed E-state index contributed by atoms with van der Waals surface area (Å²) in [6, 6.07) is 7.17. The molecule has 0 unspecified atom stereocenters. The zero-order valence-corrected chi connectivity index (χ0v) is 11.8. The summed E-state index contributed by atoms with van der Waals surface area (Å²) in [4.78, 5) is 0. The monoisotopic (exact) mass is 269 g/mol. The van der Waals surface area contributed by atoms with Crippen molar-refractivity contribution in [2.45, 2.75) is 25.8 Å². The lowest BCUT2D eigenvalue weighted by atomic mass is 10.2. The fraction of sp³-hybridized carbons (Fsp3) is 0.538. The van der Waals surface area contributed by atoms with Crippen LogP contribution in [0.1, 0.15) is 19.8 Å². The molecule has 2 rings (SSSR count). The Labute approximate surface area is 109 Å². The first-order valence-electron chi connectivity index (χ1n) is 6.07. The first-order chi connectivity index (χ1) is 8.43. The highest BCUT2D eigenvalue weighted by Gasteiger charge is 2.36. The molecule has 0 N–H and O–H groups in total. The van der Waals surface area contributed by atoms with Crippen molar-refractivity contribution < 1.29 is 13.2 Å². The number of ether oxygens (including phenoxy) is 1. The van der Waals surface area contributed by atoms with Crippen LogP contribution in [0.3, 0.4) is 0 Å². The number of rotatable bonds is 5. The minimum atomic E-state index is -3.25. The first kappa shape index (κ1) is 13.2. The van der Waals surface area contributed by atoms with Gasteiger partial charge in [-0.25, -0.2) is 8.42 Å². The van der Waals surface area contributed by atoms with Gasteiger partial charge in [0.2, 0.25) is 10.0 Å². The molecule has 1 aliphatic rings. The van der Waals surface area contributed by atoms with Crippen LogP contribution in [0.5, 0.6) is 5.75 Å². The van der Waals surface area contributed by atoms with Gasteiger partial charge in [0.1, 0.15) is 5.75 Å². The average molecular weight is 269 g/mol. The molecular weight excluding hydrogens is 250 g/mol. The lowest BCUT2D eigenvalue weighted by Crippen LogP contribution is -2.39. The van der Waals surface area contributed by atoms with Gasteiger partial charge in [0.15, 0.2) is 0 Å². The summed E-state index contributed by atoms with van der Waals surface area (Å²) in [7, 11) is -1.66. The van der Waals surface area contributed by atoms with E-state index >= 15 is 0 Å². The zero-order chi connectivity index (χ0) is 13.3. The molecule has 1 aliphatic carbocycles. The molecule has 1 atom stereocenters. The van der Waals surface area contributed by atoms with E-state index in [0.717, 1.165) is 18.6 Å². The van der Waals surface area contributed by atoms with Crippen molar-refractivity contribution >= 4 is 15.7 Å². The Bertz CT molecular complexity index is 506. The molecule has 0 amide bonds. The van der Waals surface area contributed by atoms with E-state index < -0.39 is 10.0 Å². The lowest BCUT2D eigenvalue weighted by Gasteiger charge is -2.29. The molecule has 5 heteroatoms. The van der Waals surface area contributed by atoms with Crippen LogP contribution in [0.25, 0.3) is 0 Å². The van der Waals surface area contributed by atoms with Gasteiger partial charge in [0.05, 0.1) is 19.1 Å². The molecule has 0 spiro atoms. The Morgan fingerprint density at radius 2 is 1.83 bits per heavy atom. The van der Waals surface area contributed by atoms with Crippen LogP contribution in [0.2, 0.25) is 0 Å². The number of anilines is 1. The summed E-state index contributed by atoms with van der Waals surface area (Å²) in [6.45, 7) is 1.98. The highest BCUT2D eigenvalue weighted by molar-refractivity contribution is 7.92. The summed E-state index contributed by atoms with van der Waals surface area (Å²) >= 11 is 0. The second-order valence-electron chi connectivity index (χ2n) is 4.83. The summed E-state index contributed by atoms with van der Waals surface area (Å²) in [6.07, 6.45) is 3.49. The Morgan fingerprint density at radius 1 is 1.28 bits per heavy atom. The van der Waals surface area contributed by atoms with Crippen molar-refractivity contribution in [2.75, 3.05) is 17.7 Å². The van der Waals surface area contributed by atoms with Crippen LogP contribution in [0.4, 0.5) is 5.69 Å². The Balaban J connectivity index is 2.33. The minimum absolute atomic E-state index is 0.0217. The summed E-state index contributed by atoms with van der Waals surface area (Å²) in [5.74, 6) is 1.22. The molecule has 0 aromatic heterocycles. The van der Waals surface area contributed by atoms with Crippen molar-refractivity contribution in [2.24, 2.45) is 5.92 Å². The molecule has 4 nitrogen and oxygen atoms in total. The van der Waals surface area contributed by atoms with Gasteiger partial charge in [0, 0.05) is 6.04 Å². The van der Waals surface area contributed by atoms with Gasteiger partial charge in [-0.05, 0) is 49.9 Å². The molecule has 1 saturated carbocycles. The van der Waals surface area contributed by atoms with Crippen molar-refractivity contribution in [1.29, 1.82) is 0 Å². The Morgan fingerprint density at radius 3 is 2.22 bits per heavy atom. The third kappa shape index (κ3) is 2.77. The molecule has 0 saturated heterocycles. The maximum atomic E-state index is 12.0. The van der Waals surface area contributed by atoms with Gasteiger partial charge in [-0.2, -0.15) is 0 Å². The van der Waals surface area contributed by atoms with E-state index in [2.05, 4.69) is 0 Å². The fourth-order valence-corrected chi connectivity index (χ4v) is 3.51. The van der Waals surface area contributed by atoms with Gasteiger partial charge in [0.25, 0.3) is 0 Å². The van der Waals surface area contributed by atoms with Crippen molar-refractivity contribution in [3.63, 3.8) is 0 Å². The average Bonchev–Trinajstić information content (AvgIpc) is 3.12. The molecule has 1 fully saturated rings. The van der Waals surface area contributed by atoms with Crippen LogP contribution >= 0.6 is 0 Å². The molecule has 1 aromatic carbocycles. The molecule has 1 aromatic rings. The molecule has 0 aliphatic heterocycles. The molecule has 18 heavy (non-hydrogen) atoms. The van der Waals surface area contributed by atoms with Gasteiger partial charge >= 0.3 is 0 Å². The van der Waals surface area contributed by atoms with E-state index in [1.807, 2.05) is 6.92 Å². The van der Waals surface area contributed by atoms with Crippen molar-refractivity contribution in [3.8, 4) is 5.75 Å². The first-order valence-corrected chi connectivity index (χ1v) is 7.92. The van der Waals surface area contributed by atoms with Gasteiger partial charge < -0.3 is 4.74 Å². The largest absolute Gasteiger partial charge is 0.497 e.